The van der Waals surface area contributed by atoms with Gasteiger partial charge in [0.2, 0.25) is 5.76 Å². The first-order chi connectivity index (χ1) is 4.63. The lowest BCUT2D eigenvalue weighted by molar-refractivity contribution is 0.0980. The van der Waals surface area contributed by atoms with Crippen molar-refractivity contribution in [1.82, 2.24) is 5.16 Å². The highest BCUT2D eigenvalue weighted by molar-refractivity contribution is 5.97. The molecule has 0 fully saturated rings. The van der Waals surface area contributed by atoms with Crippen LogP contribution in [0.5, 0.6) is 0 Å². The number of nitrogen functional groups attached to an aromatic ring is 2. The summed E-state index contributed by atoms with van der Waals surface area (Å²) in [5, 5.41) is 3.29. The Hall–Kier alpha value is -1.52. The van der Waals surface area contributed by atoms with Crippen LogP contribution in [0.4, 0.5) is 11.5 Å². The van der Waals surface area contributed by atoms with Crippen molar-refractivity contribution in [3.63, 3.8) is 0 Å². The quantitative estimate of drug-likeness (QED) is 0.538. The number of nitrogens with two attached hydrogens (primary N) is 2. The first-order valence-electron chi connectivity index (χ1n) is 2.64. The molecular weight excluding hydrogens is 134 g/mol. The number of aromatic nitrogens is 1. The van der Waals surface area contributed by atoms with E-state index in [0.717, 1.165) is 0 Å². The first kappa shape index (κ1) is 6.60. The van der Waals surface area contributed by atoms with Crippen molar-refractivity contribution in [2.24, 2.45) is 0 Å². The molecule has 54 valence electrons. The van der Waals surface area contributed by atoms with Crippen LogP contribution in [0.15, 0.2) is 4.52 Å². The van der Waals surface area contributed by atoms with Crippen LogP contribution in [0.25, 0.3) is 0 Å². The molecule has 0 bridgehead atoms. The number of nitrogens with zero attached hydrogens (tertiary/aromatic N) is 1. The molecule has 0 aromatic carbocycles. The Kier molecular flexibility index (Phi) is 1.33. The van der Waals surface area contributed by atoms with Gasteiger partial charge in [-0.1, -0.05) is 5.16 Å². The lowest BCUT2D eigenvalue weighted by Gasteiger charge is -1.86. The lowest BCUT2D eigenvalue weighted by atomic mass is 10.3. The number of carbonyl (C=O) groups excluding carboxylic acids is 1. The topological polar surface area (TPSA) is 95.1 Å². The number of carbonyl (C=O) groups is 1. The molecule has 0 atom stereocenters. The molecule has 4 N–H and O–H groups in total. The zero-order valence-corrected chi connectivity index (χ0v) is 5.42. The maximum absolute atomic E-state index is 10.6. The number of rotatable bonds is 1. The van der Waals surface area contributed by atoms with Crippen molar-refractivity contribution in [3.8, 4) is 0 Å². The van der Waals surface area contributed by atoms with E-state index in [0.29, 0.717) is 0 Å². The van der Waals surface area contributed by atoms with Gasteiger partial charge in [-0.05, 0) is 0 Å². The summed E-state index contributed by atoms with van der Waals surface area (Å²) in [7, 11) is 0. The summed E-state index contributed by atoms with van der Waals surface area (Å²) in [6.07, 6.45) is 0. The van der Waals surface area contributed by atoms with Crippen LogP contribution in [0.3, 0.4) is 0 Å². The molecule has 5 nitrogen and oxygen atoms in total. The molecule has 0 aliphatic heterocycles. The second kappa shape index (κ2) is 2.02. The second-order valence-electron chi connectivity index (χ2n) is 1.87. The van der Waals surface area contributed by atoms with E-state index in [-0.39, 0.29) is 23.0 Å². The monoisotopic (exact) mass is 141 g/mol. The predicted octanol–water partition coefficient (Wildman–Crippen LogP) is 0.0416. The molecular formula is C5H7N3O2. The summed E-state index contributed by atoms with van der Waals surface area (Å²) in [6, 6.07) is 0. The molecule has 1 aromatic heterocycles. The highest BCUT2D eigenvalue weighted by Crippen LogP contribution is 2.18. The van der Waals surface area contributed by atoms with E-state index in [1.165, 1.54) is 6.92 Å². The summed E-state index contributed by atoms with van der Waals surface area (Å²) >= 11 is 0. The fourth-order valence-electron chi connectivity index (χ4n) is 0.563. The average molecular weight is 141 g/mol. The molecule has 0 aliphatic carbocycles. The number of ketones is 1. The largest absolute Gasteiger partial charge is 0.392 e. The third-order valence-corrected chi connectivity index (χ3v) is 1.08. The Morgan fingerprint density at radius 1 is 1.60 bits per heavy atom. The maximum atomic E-state index is 10.6. The number of hydrogen-bond acceptors (Lipinski definition) is 5. The molecule has 1 heterocycles. The smallest absolute Gasteiger partial charge is 0.227 e. The van der Waals surface area contributed by atoms with Gasteiger partial charge in [0.1, 0.15) is 5.69 Å². The highest BCUT2D eigenvalue weighted by Gasteiger charge is 2.13. The maximum Gasteiger partial charge on any atom is 0.227 e. The van der Waals surface area contributed by atoms with Gasteiger partial charge in [-0.15, -0.1) is 0 Å². The van der Waals surface area contributed by atoms with E-state index in [4.69, 9.17) is 11.5 Å². The molecule has 0 saturated carbocycles. The zero-order valence-electron chi connectivity index (χ0n) is 5.42. The molecule has 1 aromatic rings. The fraction of sp³-hybridized carbons (Fsp3) is 0.200. The van der Waals surface area contributed by atoms with Crippen molar-refractivity contribution in [2.45, 2.75) is 6.92 Å². The Morgan fingerprint density at radius 2 is 2.20 bits per heavy atom. The van der Waals surface area contributed by atoms with Crippen LogP contribution < -0.4 is 11.5 Å². The van der Waals surface area contributed by atoms with Crippen molar-refractivity contribution >= 4 is 17.3 Å². The van der Waals surface area contributed by atoms with E-state index in [9.17, 15) is 4.79 Å². The Balaban J connectivity index is 3.17. The predicted molar refractivity (Wildman–Crippen MR) is 35.3 cm³/mol. The van der Waals surface area contributed by atoms with Crippen LogP contribution in [0.1, 0.15) is 17.5 Å². The van der Waals surface area contributed by atoms with Gasteiger partial charge in [0, 0.05) is 6.92 Å². The van der Waals surface area contributed by atoms with Crippen LogP contribution in [-0.4, -0.2) is 10.9 Å². The molecule has 0 aliphatic rings. The van der Waals surface area contributed by atoms with Gasteiger partial charge < -0.3 is 16.0 Å². The van der Waals surface area contributed by atoms with Crippen molar-refractivity contribution in [3.05, 3.63) is 5.76 Å². The second-order valence-corrected chi connectivity index (χ2v) is 1.87. The van der Waals surface area contributed by atoms with Gasteiger partial charge in [0.05, 0.1) is 0 Å². The van der Waals surface area contributed by atoms with Crippen LogP contribution in [-0.2, 0) is 0 Å². The lowest BCUT2D eigenvalue weighted by Crippen LogP contribution is -1.97. The normalized spacial score (nSPS) is 9.70. The van der Waals surface area contributed by atoms with Gasteiger partial charge in [-0.3, -0.25) is 4.79 Å². The molecule has 5 heteroatoms. The Labute approximate surface area is 57.0 Å². The highest BCUT2D eigenvalue weighted by atomic mass is 16.5. The van der Waals surface area contributed by atoms with Crippen LogP contribution in [0.2, 0.25) is 0 Å². The molecule has 0 spiro atoms. The van der Waals surface area contributed by atoms with E-state index in [2.05, 4.69) is 9.68 Å². The third kappa shape index (κ3) is 0.812. The number of anilines is 2. The first-order valence-corrected chi connectivity index (χ1v) is 2.64. The molecule has 0 unspecified atom stereocenters. The standard InChI is InChI=1S/C5H7N3O2/c1-2(9)4-3(6)5(7)8-10-4/h6H2,1H3,(H2,7,8). The molecule has 0 amide bonds. The van der Waals surface area contributed by atoms with Crippen LogP contribution >= 0.6 is 0 Å². The summed E-state index contributed by atoms with van der Waals surface area (Å²) in [4.78, 5) is 10.6. The van der Waals surface area contributed by atoms with Gasteiger partial charge in [0.25, 0.3) is 0 Å². The number of hydrogen-bond donors (Lipinski definition) is 2. The summed E-state index contributed by atoms with van der Waals surface area (Å²) < 4.78 is 4.51. The van der Waals surface area contributed by atoms with E-state index >= 15 is 0 Å². The summed E-state index contributed by atoms with van der Waals surface area (Å²) in [5.41, 5.74) is 10.6. The van der Waals surface area contributed by atoms with E-state index in [1.54, 1.807) is 0 Å². The molecule has 0 saturated heterocycles. The SMILES string of the molecule is CC(=O)c1onc(N)c1N. The summed E-state index contributed by atoms with van der Waals surface area (Å²) in [6.45, 7) is 1.33. The molecule has 1 rings (SSSR count). The van der Waals surface area contributed by atoms with Crippen molar-refractivity contribution < 1.29 is 9.32 Å². The van der Waals surface area contributed by atoms with Crippen LogP contribution in [0, 0.1) is 0 Å². The van der Waals surface area contributed by atoms with Crippen molar-refractivity contribution in [1.29, 1.82) is 0 Å². The third-order valence-electron chi connectivity index (χ3n) is 1.08. The minimum Gasteiger partial charge on any atom is -0.392 e. The average Bonchev–Trinajstić information content (AvgIpc) is 2.14. The minimum absolute atomic E-state index is 0.0255. The number of Topliss-reactive ketones (excluding diaryl/α,β-unsaturated/α-hetero) is 1. The van der Waals surface area contributed by atoms with Gasteiger partial charge in [-0.25, -0.2) is 0 Å². The molecule has 10 heavy (non-hydrogen) atoms. The van der Waals surface area contributed by atoms with Gasteiger partial charge in [-0.2, -0.15) is 0 Å². The van der Waals surface area contributed by atoms with Crippen molar-refractivity contribution in [2.75, 3.05) is 11.5 Å². The van der Waals surface area contributed by atoms with Gasteiger partial charge >= 0.3 is 0 Å². The van der Waals surface area contributed by atoms with E-state index < -0.39 is 0 Å². The summed E-state index contributed by atoms with van der Waals surface area (Å²) in [5.74, 6) is -0.190. The fourth-order valence-corrected chi connectivity index (χ4v) is 0.563. The zero-order chi connectivity index (χ0) is 7.72. The Morgan fingerprint density at radius 3 is 2.40 bits per heavy atom. The molecule has 0 radical (unpaired) electrons. The van der Waals surface area contributed by atoms with E-state index in [1.807, 2.05) is 0 Å². The Bertz CT molecular complexity index is 266. The van der Waals surface area contributed by atoms with Gasteiger partial charge in [0.15, 0.2) is 11.6 Å². The minimum atomic E-state index is -0.276.